The average molecular weight is 337 g/mol. The lowest BCUT2D eigenvalue weighted by atomic mass is 10.0. The van der Waals surface area contributed by atoms with Crippen LogP contribution in [-0.2, 0) is 0 Å². The molecule has 3 aromatic rings. The van der Waals surface area contributed by atoms with E-state index in [2.05, 4.69) is 4.98 Å². The van der Waals surface area contributed by atoms with Gasteiger partial charge in [0.05, 0.1) is 30.5 Å². The minimum absolute atomic E-state index is 0.222. The Morgan fingerprint density at radius 2 is 2.00 bits per heavy atom. The Bertz CT molecular complexity index is 950. The van der Waals surface area contributed by atoms with Crippen LogP contribution in [0.3, 0.4) is 0 Å². The number of pyridine rings is 1. The van der Waals surface area contributed by atoms with Crippen molar-refractivity contribution in [2.75, 3.05) is 13.7 Å². The average Bonchev–Trinajstić information content (AvgIpc) is 2.61. The van der Waals surface area contributed by atoms with Crippen LogP contribution in [0, 0.1) is 6.92 Å². The zero-order valence-corrected chi connectivity index (χ0v) is 14.4. The lowest BCUT2D eigenvalue weighted by Gasteiger charge is -2.13. The summed E-state index contributed by atoms with van der Waals surface area (Å²) in [6.45, 7) is 4.38. The van der Waals surface area contributed by atoms with Crippen molar-refractivity contribution in [2.24, 2.45) is 0 Å². The van der Waals surface area contributed by atoms with Gasteiger partial charge in [0.1, 0.15) is 11.5 Å². The van der Waals surface area contributed by atoms with Crippen molar-refractivity contribution in [3.05, 3.63) is 53.6 Å². The second-order valence-corrected chi connectivity index (χ2v) is 5.63. The largest absolute Gasteiger partial charge is 0.496 e. The number of nitrogens with zero attached hydrogens (tertiary/aromatic N) is 1. The van der Waals surface area contributed by atoms with E-state index in [9.17, 15) is 9.90 Å². The molecule has 0 atom stereocenters. The number of aryl methyl sites for hydroxylation is 1. The van der Waals surface area contributed by atoms with Crippen LogP contribution in [0.1, 0.15) is 22.8 Å². The third kappa shape index (κ3) is 3.13. The number of hydrogen-bond acceptors (Lipinski definition) is 4. The van der Waals surface area contributed by atoms with Crippen LogP contribution in [0.15, 0.2) is 42.5 Å². The third-order valence-electron chi connectivity index (χ3n) is 4.03. The van der Waals surface area contributed by atoms with Crippen LogP contribution < -0.4 is 9.47 Å². The number of para-hydroxylation sites is 1. The second-order valence-electron chi connectivity index (χ2n) is 5.63. The summed E-state index contributed by atoms with van der Waals surface area (Å²) in [7, 11) is 1.57. The Hall–Kier alpha value is -3.08. The van der Waals surface area contributed by atoms with E-state index >= 15 is 0 Å². The topological polar surface area (TPSA) is 68.7 Å². The number of hydrogen-bond donors (Lipinski definition) is 1. The van der Waals surface area contributed by atoms with Gasteiger partial charge < -0.3 is 14.6 Å². The molecule has 3 rings (SSSR count). The maximum absolute atomic E-state index is 11.7. The SMILES string of the molecule is CCOc1ccc(-c2cc(C(=O)O)c3cccc(C)c3n2)c(OC)c1. The molecule has 0 fully saturated rings. The fraction of sp³-hybridized carbons (Fsp3) is 0.200. The predicted octanol–water partition coefficient (Wildman–Crippen LogP) is 4.32. The lowest BCUT2D eigenvalue weighted by Crippen LogP contribution is -2.02. The number of aromatic carboxylic acids is 1. The highest BCUT2D eigenvalue weighted by Crippen LogP contribution is 2.34. The van der Waals surface area contributed by atoms with Crippen molar-refractivity contribution in [2.45, 2.75) is 13.8 Å². The van der Waals surface area contributed by atoms with Gasteiger partial charge in [-0.25, -0.2) is 9.78 Å². The van der Waals surface area contributed by atoms with Crippen LogP contribution in [0.5, 0.6) is 11.5 Å². The Kier molecular flexibility index (Phi) is 4.57. The van der Waals surface area contributed by atoms with E-state index in [1.54, 1.807) is 25.3 Å². The summed E-state index contributed by atoms with van der Waals surface area (Å²) in [5, 5.41) is 10.2. The van der Waals surface area contributed by atoms with Crippen LogP contribution >= 0.6 is 0 Å². The van der Waals surface area contributed by atoms with Crippen molar-refractivity contribution in [3.8, 4) is 22.8 Å². The van der Waals surface area contributed by atoms with E-state index < -0.39 is 5.97 Å². The Morgan fingerprint density at radius 1 is 1.20 bits per heavy atom. The molecule has 0 bridgehead atoms. The van der Waals surface area contributed by atoms with Crippen molar-refractivity contribution in [1.82, 2.24) is 4.98 Å². The van der Waals surface area contributed by atoms with Gasteiger partial charge in [0.25, 0.3) is 0 Å². The molecule has 0 aliphatic carbocycles. The van der Waals surface area contributed by atoms with Gasteiger partial charge in [-0.2, -0.15) is 0 Å². The Balaban J connectivity index is 2.25. The number of rotatable bonds is 5. The number of benzene rings is 2. The van der Waals surface area contributed by atoms with Gasteiger partial charge in [-0.1, -0.05) is 18.2 Å². The summed E-state index contributed by atoms with van der Waals surface area (Å²) >= 11 is 0. The zero-order chi connectivity index (χ0) is 18.0. The Labute approximate surface area is 145 Å². The molecule has 128 valence electrons. The summed E-state index contributed by atoms with van der Waals surface area (Å²) in [6.07, 6.45) is 0. The van der Waals surface area contributed by atoms with Crippen molar-refractivity contribution in [3.63, 3.8) is 0 Å². The molecule has 5 heteroatoms. The molecule has 0 saturated carbocycles. The molecule has 0 aliphatic heterocycles. The molecule has 1 N–H and O–H groups in total. The number of ether oxygens (including phenoxy) is 2. The molecule has 5 nitrogen and oxygen atoms in total. The monoisotopic (exact) mass is 337 g/mol. The summed E-state index contributed by atoms with van der Waals surface area (Å²) in [4.78, 5) is 16.4. The van der Waals surface area contributed by atoms with E-state index in [1.807, 2.05) is 38.1 Å². The molecule has 1 heterocycles. The smallest absolute Gasteiger partial charge is 0.336 e. The van der Waals surface area contributed by atoms with Gasteiger partial charge in [-0.05, 0) is 37.6 Å². The number of fused-ring (bicyclic) bond motifs is 1. The van der Waals surface area contributed by atoms with E-state index in [1.165, 1.54) is 0 Å². The first-order valence-electron chi connectivity index (χ1n) is 8.00. The highest BCUT2D eigenvalue weighted by Gasteiger charge is 2.16. The van der Waals surface area contributed by atoms with E-state index in [0.717, 1.165) is 11.1 Å². The molecule has 0 amide bonds. The first-order chi connectivity index (χ1) is 12.0. The number of carboxylic acid groups (broad SMARTS) is 1. The van der Waals surface area contributed by atoms with Gasteiger partial charge in [0.15, 0.2) is 0 Å². The fourth-order valence-electron chi connectivity index (χ4n) is 2.85. The summed E-state index contributed by atoms with van der Waals surface area (Å²) in [5.41, 5.74) is 3.09. The second kappa shape index (κ2) is 6.81. The van der Waals surface area contributed by atoms with E-state index in [0.29, 0.717) is 34.7 Å². The molecule has 0 saturated heterocycles. The summed E-state index contributed by atoms with van der Waals surface area (Å²) in [5.74, 6) is 0.297. The van der Waals surface area contributed by atoms with Gasteiger partial charge in [0, 0.05) is 17.0 Å². The van der Waals surface area contributed by atoms with Crippen molar-refractivity contribution >= 4 is 16.9 Å². The maximum atomic E-state index is 11.7. The van der Waals surface area contributed by atoms with Crippen molar-refractivity contribution < 1.29 is 19.4 Å². The predicted molar refractivity (Wildman–Crippen MR) is 96.6 cm³/mol. The van der Waals surface area contributed by atoms with Crippen molar-refractivity contribution in [1.29, 1.82) is 0 Å². The minimum Gasteiger partial charge on any atom is -0.496 e. The molecule has 0 unspecified atom stereocenters. The van der Waals surface area contributed by atoms with Gasteiger partial charge >= 0.3 is 5.97 Å². The number of carbonyl (C=O) groups is 1. The highest BCUT2D eigenvalue weighted by molar-refractivity contribution is 6.04. The van der Waals surface area contributed by atoms with Gasteiger partial charge in [-0.15, -0.1) is 0 Å². The number of carboxylic acids is 1. The van der Waals surface area contributed by atoms with Crippen LogP contribution in [-0.4, -0.2) is 29.8 Å². The van der Waals surface area contributed by atoms with Gasteiger partial charge in [0.2, 0.25) is 0 Å². The quantitative estimate of drug-likeness (QED) is 0.751. The molecule has 25 heavy (non-hydrogen) atoms. The first kappa shape index (κ1) is 16.8. The number of methoxy groups -OCH3 is 1. The third-order valence-corrected chi connectivity index (χ3v) is 4.03. The van der Waals surface area contributed by atoms with E-state index in [-0.39, 0.29) is 5.56 Å². The molecule has 1 aromatic heterocycles. The Morgan fingerprint density at radius 3 is 2.68 bits per heavy atom. The lowest BCUT2D eigenvalue weighted by molar-refractivity contribution is 0.0699. The summed E-state index contributed by atoms with van der Waals surface area (Å²) < 4.78 is 11.0. The summed E-state index contributed by atoms with van der Waals surface area (Å²) in [6, 6.07) is 12.6. The minimum atomic E-state index is -0.982. The molecule has 0 spiro atoms. The van der Waals surface area contributed by atoms with Crippen LogP contribution in [0.2, 0.25) is 0 Å². The van der Waals surface area contributed by atoms with E-state index in [4.69, 9.17) is 9.47 Å². The molecule has 0 radical (unpaired) electrons. The zero-order valence-electron chi connectivity index (χ0n) is 14.4. The molecular formula is C20H19NO4. The van der Waals surface area contributed by atoms with Gasteiger partial charge in [-0.3, -0.25) is 0 Å². The molecular weight excluding hydrogens is 318 g/mol. The first-order valence-corrected chi connectivity index (χ1v) is 8.00. The fourth-order valence-corrected chi connectivity index (χ4v) is 2.85. The van der Waals surface area contributed by atoms with Crippen LogP contribution in [0.4, 0.5) is 0 Å². The standard InChI is InChI=1S/C20H19NO4/c1-4-25-13-8-9-15(18(10-13)24-3)17-11-16(20(22)23)14-7-5-6-12(2)19(14)21-17/h5-11H,4H2,1-3H3,(H,22,23). The normalized spacial score (nSPS) is 10.7. The highest BCUT2D eigenvalue weighted by atomic mass is 16.5. The maximum Gasteiger partial charge on any atom is 0.336 e. The van der Waals surface area contributed by atoms with Crippen LogP contribution in [0.25, 0.3) is 22.2 Å². The number of aromatic nitrogens is 1. The molecule has 2 aromatic carbocycles. The molecule has 0 aliphatic rings.